The smallest absolute Gasteiger partial charge is 0.303 e. The van der Waals surface area contributed by atoms with Gasteiger partial charge in [0.1, 0.15) is 0 Å². The Morgan fingerprint density at radius 1 is 1.50 bits per heavy atom. The third-order valence-corrected chi connectivity index (χ3v) is 2.15. The first-order valence-electron chi connectivity index (χ1n) is 4.70. The number of nitrogens with zero attached hydrogens (tertiary/aromatic N) is 1. The molecule has 0 aliphatic carbocycles. The molecule has 1 unspecified atom stereocenters. The number of carbonyl (C=O) groups is 2. The third kappa shape index (κ3) is 4.81. The zero-order chi connectivity index (χ0) is 11.1. The van der Waals surface area contributed by atoms with Crippen LogP contribution >= 0.6 is 0 Å². The zero-order valence-electron chi connectivity index (χ0n) is 8.69. The van der Waals surface area contributed by atoms with E-state index in [-0.39, 0.29) is 18.4 Å². The van der Waals surface area contributed by atoms with Crippen LogP contribution in [-0.2, 0) is 9.59 Å². The second-order valence-electron chi connectivity index (χ2n) is 3.30. The van der Waals surface area contributed by atoms with Crippen molar-refractivity contribution in [1.82, 2.24) is 4.90 Å². The van der Waals surface area contributed by atoms with Crippen LogP contribution < -0.4 is 5.73 Å². The van der Waals surface area contributed by atoms with Crippen LogP contribution in [0.3, 0.4) is 0 Å². The van der Waals surface area contributed by atoms with E-state index in [1.807, 2.05) is 6.92 Å². The second-order valence-corrected chi connectivity index (χ2v) is 3.30. The predicted molar refractivity (Wildman–Crippen MR) is 52.8 cm³/mol. The number of hydrogen-bond donors (Lipinski definition) is 2. The van der Waals surface area contributed by atoms with E-state index in [2.05, 4.69) is 0 Å². The molecule has 0 aromatic carbocycles. The number of amides is 1. The van der Waals surface area contributed by atoms with Gasteiger partial charge in [0.15, 0.2) is 0 Å². The van der Waals surface area contributed by atoms with Gasteiger partial charge in [0.05, 0.1) is 6.04 Å². The lowest BCUT2D eigenvalue weighted by atomic mass is 10.1. The molecule has 0 bridgehead atoms. The van der Waals surface area contributed by atoms with Gasteiger partial charge in [-0.05, 0) is 26.4 Å². The van der Waals surface area contributed by atoms with E-state index in [0.29, 0.717) is 19.4 Å². The van der Waals surface area contributed by atoms with Gasteiger partial charge in [0.25, 0.3) is 0 Å². The Bertz CT molecular complexity index is 206. The van der Waals surface area contributed by atoms with E-state index in [4.69, 9.17) is 10.8 Å². The first-order chi connectivity index (χ1) is 6.49. The summed E-state index contributed by atoms with van der Waals surface area (Å²) in [7, 11) is 1.78. The summed E-state index contributed by atoms with van der Waals surface area (Å²) in [5, 5.41) is 8.42. The van der Waals surface area contributed by atoms with Crippen LogP contribution in [0, 0.1) is 0 Å². The maximum atomic E-state index is 10.9. The van der Waals surface area contributed by atoms with Gasteiger partial charge in [-0.25, -0.2) is 0 Å². The summed E-state index contributed by atoms with van der Waals surface area (Å²) in [4.78, 5) is 23.0. The Balaban J connectivity index is 3.86. The van der Waals surface area contributed by atoms with Crippen molar-refractivity contribution in [2.75, 3.05) is 13.6 Å². The maximum Gasteiger partial charge on any atom is 0.303 e. The molecule has 0 spiro atoms. The van der Waals surface area contributed by atoms with Crippen LogP contribution in [0.1, 0.15) is 26.2 Å². The largest absolute Gasteiger partial charge is 0.481 e. The van der Waals surface area contributed by atoms with Crippen molar-refractivity contribution in [2.24, 2.45) is 5.73 Å². The lowest BCUT2D eigenvalue weighted by Gasteiger charge is -2.23. The van der Waals surface area contributed by atoms with Crippen LogP contribution in [0.4, 0.5) is 0 Å². The van der Waals surface area contributed by atoms with Crippen LogP contribution in [-0.4, -0.2) is 41.5 Å². The Hall–Kier alpha value is -1.10. The molecule has 0 rings (SSSR count). The van der Waals surface area contributed by atoms with Gasteiger partial charge < -0.3 is 10.8 Å². The molecular formula is C9H18N2O3. The van der Waals surface area contributed by atoms with E-state index >= 15 is 0 Å². The Morgan fingerprint density at radius 3 is 2.43 bits per heavy atom. The van der Waals surface area contributed by atoms with Gasteiger partial charge >= 0.3 is 5.97 Å². The molecule has 1 amide bonds. The molecule has 0 aromatic heterocycles. The molecule has 0 radical (unpaired) electrons. The van der Waals surface area contributed by atoms with Crippen molar-refractivity contribution >= 4 is 11.9 Å². The fourth-order valence-electron chi connectivity index (χ4n) is 1.37. The van der Waals surface area contributed by atoms with Crippen molar-refractivity contribution in [3.63, 3.8) is 0 Å². The molecule has 0 heterocycles. The molecule has 0 saturated carbocycles. The average molecular weight is 202 g/mol. The van der Waals surface area contributed by atoms with E-state index in [1.54, 1.807) is 11.9 Å². The minimum atomic E-state index is -0.814. The number of primary amides is 1. The number of carbonyl (C=O) groups excluding carboxylic acids is 1. The van der Waals surface area contributed by atoms with Crippen LogP contribution in [0.25, 0.3) is 0 Å². The fourth-order valence-corrected chi connectivity index (χ4v) is 1.37. The maximum absolute atomic E-state index is 10.9. The van der Waals surface area contributed by atoms with Crippen molar-refractivity contribution < 1.29 is 14.7 Å². The minimum absolute atomic E-state index is 0.125. The summed E-state index contributed by atoms with van der Waals surface area (Å²) in [5.41, 5.74) is 5.18. The van der Waals surface area contributed by atoms with Gasteiger partial charge in [0, 0.05) is 6.42 Å². The number of hydrogen-bond acceptors (Lipinski definition) is 3. The standard InChI is InChI=1S/C9H18N2O3/c1-3-7(9(10)14)11(2)6-4-5-8(12)13/h7H,3-6H2,1-2H3,(H2,10,14)(H,12,13). The van der Waals surface area contributed by atoms with E-state index in [9.17, 15) is 9.59 Å². The Morgan fingerprint density at radius 2 is 2.07 bits per heavy atom. The summed E-state index contributed by atoms with van der Waals surface area (Å²) < 4.78 is 0. The minimum Gasteiger partial charge on any atom is -0.481 e. The quantitative estimate of drug-likeness (QED) is 0.611. The third-order valence-electron chi connectivity index (χ3n) is 2.15. The van der Waals surface area contributed by atoms with Crippen LogP contribution in [0.15, 0.2) is 0 Å². The highest BCUT2D eigenvalue weighted by molar-refractivity contribution is 5.79. The monoisotopic (exact) mass is 202 g/mol. The molecule has 5 heteroatoms. The number of aliphatic carboxylic acids is 1. The van der Waals surface area contributed by atoms with Crippen molar-refractivity contribution in [3.05, 3.63) is 0 Å². The van der Waals surface area contributed by atoms with E-state index < -0.39 is 5.97 Å². The lowest BCUT2D eigenvalue weighted by Crippen LogP contribution is -2.42. The van der Waals surface area contributed by atoms with Gasteiger partial charge in [-0.1, -0.05) is 6.92 Å². The molecule has 0 aliphatic heterocycles. The average Bonchev–Trinajstić information content (AvgIpc) is 2.03. The molecule has 0 aromatic rings. The molecule has 0 saturated heterocycles. The first kappa shape index (κ1) is 12.9. The van der Waals surface area contributed by atoms with Gasteiger partial charge in [-0.3, -0.25) is 14.5 Å². The number of likely N-dealkylation sites (N-methyl/N-ethyl adjacent to an activating group) is 1. The number of carboxylic acids is 1. The molecule has 3 N–H and O–H groups in total. The number of rotatable bonds is 7. The van der Waals surface area contributed by atoms with Crippen LogP contribution in [0.5, 0.6) is 0 Å². The zero-order valence-corrected chi connectivity index (χ0v) is 8.69. The highest BCUT2D eigenvalue weighted by Gasteiger charge is 2.17. The molecule has 5 nitrogen and oxygen atoms in total. The normalized spacial score (nSPS) is 12.8. The number of carboxylic acid groups (broad SMARTS) is 1. The van der Waals surface area contributed by atoms with E-state index in [0.717, 1.165) is 0 Å². The Kier molecular flexibility index (Phi) is 5.87. The first-order valence-corrected chi connectivity index (χ1v) is 4.70. The molecule has 0 fully saturated rings. The molecular weight excluding hydrogens is 184 g/mol. The van der Waals surface area contributed by atoms with Crippen molar-refractivity contribution in [2.45, 2.75) is 32.2 Å². The SMILES string of the molecule is CCC(C(N)=O)N(C)CCCC(=O)O. The van der Waals surface area contributed by atoms with Crippen LogP contribution in [0.2, 0.25) is 0 Å². The fraction of sp³-hybridized carbons (Fsp3) is 0.778. The van der Waals surface area contributed by atoms with E-state index in [1.165, 1.54) is 0 Å². The number of nitrogens with two attached hydrogens (primary N) is 1. The lowest BCUT2D eigenvalue weighted by molar-refractivity contribution is -0.137. The highest BCUT2D eigenvalue weighted by Crippen LogP contribution is 2.02. The summed E-state index contributed by atoms with van der Waals surface area (Å²) in [6, 6.07) is -0.288. The molecule has 82 valence electrons. The molecule has 1 atom stereocenters. The van der Waals surface area contributed by atoms with Crippen molar-refractivity contribution in [3.8, 4) is 0 Å². The second kappa shape index (κ2) is 6.37. The summed E-state index contributed by atoms with van der Waals surface area (Å²) in [6.07, 6.45) is 1.31. The van der Waals surface area contributed by atoms with Gasteiger partial charge in [-0.2, -0.15) is 0 Å². The highest BCUT2D eigenvalue weighted by atomic mass is 16.4. The molecule has 0 aliphatic rings. The topological polar surface area (TPSA) is 83.6 Å². The van der Waals surface area contributed by atoms with Gasteiger partial charge in [0.2, 0.25) is 5.91 Å². The summed E-state index contributed by atoms with van der Waals surface area (Å²) >= 11 is 0. The Labute approximate surface area is 83.9 Å². The van der Waals surface area contributed by atoms with Crippen molar-refractivity contribution in [1.29, 1.82) is 0 Å². The summed E-state index contributed by atoms with van der Waals surface area (Å²) in [6.45, 7) is 2.46. The molecule has 14 heavy (non-hydrogen) atoms. The van der Waals surface area contributed by atoms with Gasteiger partial charge in [-0.15, -0.1) is 0 Å². The predicted octanol–water partition coefficient (Wildman–Crippen LogP) is 0.0469. The summed E-state index contributed by atoms with van der Waals surface area (Å²) in [5.74, 6) is -1.17.